The van der Waals surface area contributed by atoms with Crippen LogP contribution < -0.4 is 5.32 Å². The van der Waals surface area contributed by atoms with E-state index in [4.69, 9.17) is 11.6 Å². The van der Waals surface area contributed by atoms with E-state index in [0.717, 1.165) is 32.1 Å². The van der Waals surface area contributed by atoms with Crippen LogP contribution in [0.4, 0.5) is 0 Å². The van der Waals surface area contributed by atoms with Crippen molar-refractivity contribution in [2.24, 2.45) is 17.3 Å². The van der Waals surface area contributed by atoms with Crippen LogP contribution in [-0.2, 0) is 4.79 Å². The van der Waals surface area contributed by atoms with E-state index in [0.29, 0.717) is 23.8 Å². The van der Waals surface area contributed by atoms with Crippen LogP contribution in [0.2, 0.25) is 0 Å². The van der Waals surface area contributed by atoms with Crippen molar-refractivity contribution in [2.75, 3.05) is 0 Å². The lowest BCUT2D eigenvalue weighted by Crippen LogP contribution is -2.59. The van der Waals surface area contributed by atoms with Gasteiger partial charge < -0.3 is 5.32 Å². The van der Waals surface area contributed by atoms with Crippen LogP contribution in [0.25, 0.3) is 0 Å². The standard InChI is InChI=1S/C17H26ClNO/c18-17-9-12-6-13(10-17)8-16(7-12,11-17)15(20)19-14-4-2-1-3-5-14/h12-14H,1-11H2,(H,19,20)/t12-,13-,16?,17?/m0/s1. The van der Waals surface area contributed by atoms with Crippen LogP contribution in [0.15, 0.2) is 0 Å². The summed E-state index contributed by atoms with van der Waals surface area (Å²) in [5.74, 6) is 1.78. The maximum absolute atomic E-state index is 12.9. The third-order valence-corrected chi connectivity index (χ3v) is 6.85. The highest BCUT2D eigenvalue weighted by Gasteiger charge is 2.60. The summed E-state index contributed by atoms with van der Waals surface area (Å²) in [4.78, 5) is 12.9. The molecule has 1 N–H and O–H groups in total. The Bertz CT molecular complexity index is 401. The monoisotopic (exact) mass is 295 g/mol. The van der Waals surface area contributed by atoms with Gasteiger partial charge in [-0.2, -0.15) is 0 Å². The van der Waals surface area contributed by atoms with E-state index in [1.54, 1.807) is 0 Å². The van der Waals surface area contributed by atoms with Crippen molar-refractivity contribution >= 4 is 17.5 Å². The first-order chi connectivity index (χ1) is 9.57. The second-order valence-electron chi connectivity index (χ2n) is 8.20. The molecular weight excluding hydrogens is 270 g/mol. The lowest BCUT2D eigenvalue weighted by atomic mass is 9.49. The zero-order valence-electron chi connectivity index (χ0n) is 12.3. The molecule has 5 aliphatic rings. The largest absolute Gasteiger partial charge is 0.353 e. The Morgan fingerprint density at radius 2 is 1.65 bits per heavy atom. The molecule has 5 fully saturated rings. The van der Waals surface area contributed by atoms with E-state index in [-0.39, 0.29) is 10.3 Å². The zero-order valence-corrected chi connectivity index (χ0v) is 13.1. The molecule has 2 atom stereocenters. The van der Waals surface area contributed by atoms with Crippen molar-refractivity contribution in [1.82, 2.24) is 5.32 Å². The number of rotatable bonds is 2. The van der Waals surface area contributed by atoms with Gasteiger partial charge >= 0.3 is 0 Å². The van der Waals surface area contributed by atoms with Gasteiger partial charge in [-0.3, -0.25) is 4.79 Å². The third kappa shape index (κ3) is 2.19. The van der Waals surface area contributed by atoms with E-state index < -0.39 is 0 Å². The van der Waals surface area contributed by atoms with Gasteiger partial charge in [0.1, 0.15) is 0 Å². The molecule has 0 aromatic heterocycles. The molecule has 20 heavy (non-hydrogen) atoms. The molecule has 0 spiro atoms. The quantitative estimate of drug-likeness (QED) is 0.766. The molecule has 5 rings (SSSR count). The maximum atomic E-state index is 12.9. The molecular formula is C17H26ClNO. The molecule has 0 unspecified atom stereocenters. The average Bonchev–Trinajstić information content (AvgIpc) is 2.37. The lowest BCUT2D eigenvalue weighted by Gasteiger charge is -2.59. The Morgan fingerprint density at radius 3 is 2.25 bits per heavy atom. The average molecular weight is 296 g/mol. The number of alkyl halides is 1. The van der Waals surface area contributed by atoms with Gasteiger partial charge in [-0.15, -0.1) is 11.6 Å². The number of carbonyl (C=O) groups is 1. The number of carbonyl (C=O) groups excluding carboxylic acids is 1. The van der Waals surface area contributed by atoms with Crippen molar-refractivity contribution in [3.05, 3.63) is 0 Å². The van der Waals surface area contributed by atoms with Gasteiger partial charge in [0, 0.05) is 10.9 Å². The third-order valence-electron chi connectivity index (χ3n) is 6.41. The van der Waals surface area contributed by atoms with Gasteiger partial charge in [-0.05, 0) is 63.2 Å². The van der Waals surface area contributed by atoms with Crippen molar-refractivity contribution in [3.63, 3.8) is 0 Å². The number of hydrogen-bond acceptors (Lipinski definition) is 1. The first kappa shape index (κ1) is 13.4. The second kappa shape index (κ2) is 4.63. The molecule has 0 radical (unpaired) electrons. The zero-order chi connectivity index (χ0) is 13.8. The van der Waals surface area contributed by atoms with E-state index in [1.165, 1.54) is 38.5 Å². The summed E-state index contributed by atoms with van der Waals surface area (Å²) >= 11 is 6.83. The Balaban J connectivity index is 1.50. The normalized spacial score (nSPS) is 47.5. The van der Waals surface area contributed by atoms with Crippen molar-refractivity contribution in [3.8, 4) is 0 Å². The summed E-state index contributed by atoms with van der Waals surface area (Å²) in [5, 5.41) is 3.40. The molecule has 0 heterocycles. The summed E-state index contributed by atoms with van der Waals surface area (Å²) in [6.07, 6.45) is 13.1. The van der Waals surface area contributed by atoms with Crippen molar-refractivity contribution < 1.29 is 4.79 Å². The Hall–Kier alpha value is -0.240. The smallest absolute Gasteiger partial charge is 0.226 e. The molecule has 5 saturated carbocycles. The maximum Gasteiger partial charge on any atom is 0.226 e. The first-order valence-electron chi connectivity index (χ1n) is 8.57. The minimum atomic E-state index is -0.108. The van der Waals surface area contributed by atoms with Crippen LogP contribution in [0.1, 0.15) is 70.6 Å². The Morgan fingerprint density at radius 1 is 1.00 bits per heavy atom. The lowest BCUT2D eigenvalue weighted by molar-refractivity contribution is -0.145. The second-order valence-corrected chi connectivity index (χ2v) is 9.00. The van der Waals surface area contributed by atoms with Crippen LogP contribution in [0.5, 0.6) is 0 Å². The summed E-state index contributed by atoms with van der Waals surface area (Å²) in [7, 11) is 0. The Kier molecular flexibility index (Phi) is 3.11. The summed E-state index contributed by atoms with van der Waals surface area (Å²) in [5.41, 5.74) is -0.108. The highest BCUT2D eigenvalue weighted by atomic mass is 35.5. The van der Waals surface area contributed by atoms with E-state index in [1.807, 2.05) is 0 Å². The fraction of sp³-hybridized carbons (Fsp3) is 0.941. The highest BCUT2D eigenvalue weighted by molar-refractivity contribution is 6.24. The fourth-order valence-electron chi connectivity index (χ4n) is 6.00. The van der Waals surface area contributed by atoms with E-state index >= 15 is 0 Å². The summed E-state index contributed by atoms with van der Waals surface area (Å²) < 4.78 is 0. The van der Waals surface area contributed by atoms with Crippen LogP contribution in [0, 0.1) is 17.3 Å². The molecule has 0 aromatic carbocycles. The molecule has 1 amide bonds. The Labute approximate surface area is 127 Å². The highest BCUT2D eigenvalue weighted by Crippen LogP contribution is 2.63. The molecule has 4 bridgehead atoms. The number of nitrogens with one attached hydrogen (secondary N) is 1. The predicted molar refractivity (Wildman–Crippen MR) is 80.7 cm³/mol. The van der Waals surface area contributed by atoms with E-state index in [9.17, 15) is 4.79 Å². The van der Waals surface area contributed by atoms with Gasteiger partial charge in [0.25, 0.3) is 0 Å². The molecule has 3 heteroatoms. The summed E-state index contributed by atoms with van der Waals surface area (Å²) in [6, 6.07) is 0.440. The first-order valence-corrected chi connectivity index (χ1v) is 8.95. The van der Waals surface area contributed by atoms with Gasteiger partial charge in [0.15, 0.2) is 0 Å². The molecule has 0 aliphatic heterocycles. The number of amides is 1. The van der Waals surface area contributed by atoms with Gasteiger partial charge in [-0.25, -0.2) is 0 Å². The fourth-order valence-corrected chi connectivity index (χ4v) is 6.69. The molecule has 2 nitrogen and oxygen atoms in total. The topological polar surface area (TPSA) is 29.1 Å². The van der Waals surface area contributed by atoms with Crippen LogP contribution in [0.3, 0.4) is 0 Å². The van der Waals surface area contributed by atoms with Crippen molar-refractivity contribution in [1.29, 1.82) is 0 Å². The van der Waals surface area contributed by atoms with Crippen LogP contribution >= 0.6 is 11.6 Å². The van der Waals surface area contributed by atoms with Crippen molar-refractivity contribution in [2.45, 2.75) is 81.5 Å². The SMILES string of the molecule is O=C(NC1CCCCC1)C12C[C@@H]3C[C@H](CC(Cl)(C3)C1)C2. The number of hydrogen-bond donors (Lipinski definition) is 1. The molecule has 0 saturated heterocycles. The van der Waals surface area contributed by atoms with Gasteiger partial charge in [0.05, 0.1) is 5.41 Å². The molecule has 0 aromatic rings. The van der Waals surface area contributed by atoms with Gasteiger partial charge in [0.2, 0.25) is 5.91 Å². The van der Waals surface area contributed by atoms with Gasteiger partial charge in [-0.1, -0.05) is 19.3 Å². The van der Waals surface area contributed by atoms with E-state index in [2.05, 4.69) is 5.32 Å². The minimum Gasteiger partial charge on any atom is -0.353 e. The van der Waals surface area contributed by atoms with Crippen LogP contribution in [-0.4, -0.2) is 16.8 Å². The summed E-state index contributed by atoms with van der Waals surface area (Å²) in [6.45, 7) is 0. The minimum absolute atomic E-state index is 0.0476. The molecule has 5 aliphatic carbocycles. The number of halogens is 1. The predicted octanol–water partition coefficient (Wildman–Crippen LogP) is 4.01. The molecule has 112 valence electrons.